The lowest BCUT2D eigenvalue weighted by Gasteiger charge is -2.12. The first-order valence-corrected chi connectivity index (χ1v) is 8.05. The molecule has 6 heteroatoms. The van der Waals surface area contributed by atoms with Crippen LogP contribution in [0.2, 0.25) is 0 Å². The molecule has 0 radical (unpaired) electrons. The summed E-state index contributed by atoms with van der Waals surface area (Å²) in [5, 5.41) is 3.10. The molecule has 0 aliphatic heterocycles. The van der Waals surface area contributed by atoms with E-state index in [4.69, 9.17) is 15.2 Å². The first kappa shape index (κ1) is 19.4. The highest BCUT2D eigenvalue weighted by atomic mass is 127. The molecule has 3 N–H and O–H groups in total. The molecular formula is C19H24IN3O2. The van der Waals surface area contributed by atoms with Crippen LogP contribution in [0, 0.1) is 5.92 Å². The Bertz CT molecular complexity index is 722. The summed E-state index contributed by atoms with van der Waals surface area (Å²) < 4.78 is 10.6. The lowest BCUT2D eigenvalue weighted by atomic mass is 10.1. The largest absolute Gasteiger partial charge is 0.497 e. The quantitative estimate of drug-likeness (QED) is 0.396. The number of aliphatic imine (C=N–C) groups is 1. The van der Waals surface area contributed by atoms with Crippen molar-refractivity contribution in [2.24, 2.45) is 16.6 Å². The topological polar surface area (TPSA) is 68.9 Å². The van der Waals surface area contributed by atoms with Gasteiger partial charge >= 0.3 is 0 Å². The zero-order chi connectivity index (χ0) is 16.9. The molecule has 0 spiro atoms. The fraction of sp³-hybridized carbons (Fsp3) is 0.316. The molecule has 134 valence electrons. The summed E-state index contributed by atoms with van der Waals surface area (Å²) in [4.78, 5) is 4.48. The van der Waals surface area contributed by atoms with Crippen LogP contribution in [-0.2, 0) is 0 Å². The number of nitrogens with two attached hydrogens (primary N) is 1. The van der Waals surface area contributed by atoms with Gasteiger partial charge in [0.25, 0.3) is 0 Å². The first-order chi connectivity index (χ1) is 11.7. The lowest BCUT2D eigenvalue weighted by Crippen LogP contribution is -2.23. The second-order valence-corrected chi connectivity index (χ2v) is 5.93. The van der Waals surface area contributed by atoms with Crippen LogP contribution in [0.25, 0.3) is 0 Å². The second-order valence-electron chi connectivity index (χ2n) is 5.93. The molecule has 25 heavy (non-hydrogen) atoms. The number of anilines is 1. The number of nitrogens with one attached hydrogen (secondary N) is 1. The van der Waals surface area contributed by atoms with Crippen molar-refractivity contribution in [2.75, 3.05) is 26.1 Å². The van der Waals surface area contributed by atoms with Crippen LogP contribution >= 0.6 is 24.0 Å². The van der Waals surface area contributed by atoms with Crippen LogP contribution in [0.15, 0.2) is 53.5 Å². The summed E-state index contributed by atoms with van der Waals surface area (Å²) in [5.41, 5.74) is 8.16. The maximum Gasteiger partial charge on any atom is 0.193 e. The van der Waals surface area contributed by atoms with E-state index in [2.05, 4.69) is 34.6 Å². The van der Waals surface area contributed by atoms with Crippen LogP contribution in [-0.4, -0.2) is 26.7 Å². The first-order valence-electron chi connectivity index (χ1n) is 8.05. The van der Waals surface area contributed by atoms with Gasteiger partial charge in [-0.15, -0.1) is 24.0 Å². The smallest absolute Gasteiger partial charge is 0.193 e. The fourth-order valence-electron chi connectivity index (χ4n) is 2.86. The molecule has 1 aliphatic rings. The number of rotatable bonds is 6. The molecule has 3 rings (SSSR count). The molecule has 1 aliphatic carbocycles. The molecule has 5 nitrogen and oxygen atoms in total. The molecule has 0 amide bonds. The van der Waals surface area contributed by atoms with Gasteiger partial charge in [-0.1, -0.05) is 30.3 Å². The predicted octanol–water partition coefficient (Wildman–Crippen LogP) is 3.85. The highest BCUT2D eigenvalue weighted by Gasteiger charge is 2.37. The molecule has 0 heterocycles. The van der Waals surface area contributed by atoms with Crippen molar-refractivity contribution in [3.8, 4) is 11.5 Å². The van der Waals surface area contributed by atoms with E-state index >= 15 is 0 Å². The van der Waals surface area contributed by atoms with Crippen LogP contribution in [0.4, 0.5) is 5.69 Å². The maximum absolute atomic E-state index is 6.02. The summed E-state index contributed by atoms with van der Waals surface area (Å²) in [6.45, 7) is 0.727. The number of hydrogen-bond acceptors (Lipinski definition) is 3. The number of halogens is 1. The van der Waals surface area contributed by atoms with E-state index in [1.165, 1.54) is 12.0 Å². The molecule has 1 saturated carbocycles. The summed E-state index contributed by atoms with van der Waals surface area (Å²) in [7, 11) is 3.24. The second kappa shape index (κ2) is 8.94. The van der Waals surface area contributed by atoms with Gasteiger partial charge in [0, 0.05) is 12.6 Å². The number of benzene rings is 2. The van der Waals surface area contributed by atoms with Gasteiger partial charge in [0.2, 0.25) is 0 Å². The summed E-state index contributed by atoms with van der Waals surface area (Å²) >= 11 is 0. The molecule has 0 aromatic heterocycles. The molecule has 1 fully saturated rings. The van der Waals surface area contributed by atoms with Crippen molar-refractivity contribution in [1.82, 2.24) is 0 Å². The zero-order valence-electron chi connectivity index (χ0n) is 14.4. The van der Waals surface area contributed by atoms with Crippen molar-refractivity contribution in [3.05, 3.63) is 54.1 Å². The van der Waals surface area contributed by atoms with E-state index in [-0.39, 0.29) is 24.0 Å². The highest BCUT2D eigenvalue weighted by molar-refractivity contribution is 14.0. The Hall–Kier alpha value is -1.96. The highest BCUT2D eigenvalue weighted by Crippen LogP contribution is 2.47. The number of nitrogens with zero attached hydrogens (tertiary/aromatic N) is 1. The minimum atomic E-state index is 0. The van der Waals surface area contributed by atoms with E-state index in [9.17, 15) is 0 Å². The van der Waals surface area contributed by atoms with Gasteiger partial charge in [0.05, 0.1) is 19.9 Å². The Balaban J connectivity index is 0.00000225. The third-order valence-electron chi connectivity index (χ3n) is 4.32. The van der Waals surface area contributed by atoms with Crippen molar-refractivity contribution in [1.29, 1.82) is 0 Å². The number of hydrogen-bond donors (Lipinski definition) is 2. The standard InChI is InChI=1S/C19H23N3O2.HI/c1-23-15-8-9-18(24-2)17(11-15)22-19(20)21-12-14-10-16(14)13-6-4-3-5-7-13;/h3-9,11,14,16H,10,12H2,1-2H3,(H3,20,21,22);1H. The monoisotopic (exact) mass is 453 g/mol. The van der Waals surface area contributed by atoms with Crippen molar-refractivity contribution < 1.29 is 9.47 Å². The molecule has 0 bridgehead atoms. The summed E-state index contributed by atoms with van der Waals surface area (Å²) in [6, 6.07) is 16.1. The molecule has 2 unspecified atom stereocenters. The normalized spacial score (nSPS) is 18.9. The lowest BCUT2D eigenvalue weighted by molar-refractivity contribution is 0.405. The molecule has 2 atom stereocenters. The Morgan fingerprint density at radius 2 is 1.92 bits per heavy atom. The van der Waals surface area contributed by atoms with Crippen molar-refractivity contribution in [2.45, 2.75) is 12.3 Å². The number of ether oxygens (including phenoxy) is 2. The average molecular weight is 453 g/mol. The van der Waals surface area contributed by atoms with Gasteiger partial charge in [0.1, 0.15) is 11.5 Å². The van der Waals surface area contributed by atoms with Crippen LogP contribution in [0.5, 0.6) is 11.5 Å². The Kier molecular flexibility index (Phi) is 6.92. The fourth-order valence-corrected chi connectivity index (χ4v) is 2.86. The number of methoxy groups -OCH3 is 2. The Morgan fingerprint density at radius 3 is 2.60 bits per heavy atom. The van der Waals surface area contributed by atoms with Crippen molar-refractivity contribution in [3.63, 3.8) is 0 Å². The minimum absolute atomic E-state index is 0. The predicted molar refractivity (Wildman–Crippen MR) is 112 cm³/mol. The zero-order valence-corrected chi connectivity index (χ0v) is 16.8. The van der Waals surface area contributed by atoms with Gasteiger partial charge in [-0.25, -0.2) is 0 Å². The average Bonchev–Trinajstić information content (AvgIpc) is 3.40. The third-order valence-corrected chi connectivity index (χ3v) is 4.32. The van der Waals surface area contributed by atoms with E-state index in [0.29, 0.717) is 23.5 Å². The molecular weight excluding hydrogens is 429 g/mol. The van der Waals surface area contributed by atoms with Crippen LogP contribution in [0.1, 0.15) is 17.9 Å². The molecule has 2 aromatic carbocycles. The Labute approximate surface area is 165 Å². The molecule has 0 saturated heterocycles. The maximum atomic E-state index is 6.02. The number of guanidine groups is 1. The van der Waals surface area contributed by atoms with E-state index in [1.807, 2.05) is 24.3 Å². The van der Waals surface area contributed by atoms with Gasteiger partial charge in [-0.3, -0.25) is 4.99 Å². The van der Waals surface area contributed by atoms with Gasteiger partial charge < -0.3 is 20.5 Å². The van der Waals surface area contributed by atoms with E-state index in [1.54, 1.807) is 14.2 Å². The van der Waals surface area contributed by atoms with E-state index in [0.717, 1.165) is 18.0 Å². The van der Waals surface area contributed by atoms with Crippen LogP contribution < -0.4 is 20.5 Å². The van der Waals surface area contributed by atoms with Crippen LogP contribution in [0.3, 0.4) is 0 Å². The van der Waals surface area contributed by atoms with E-state index < -0.39 is 0 Å². The third kappa shape index (κ3) is 5.01. The molecule has 2 aromatic rings. The summed E-state index contributed by atoms with van der Waals surface area (Å²) in [5.74, 6) is 2.99. The summed E-state index contributed by atoms with van der Waals surface area (Å²) in [6.07, 6.45) is 1.17. The van der Waals surface area contributed by atoms with Gasteiger partial charge in [0.15, 0.2) is 5.96 Å². The Morgan fingerprint density at radius 1 is 1.16 bits per heavy atom. The SMILES string of the molecule is COc1ccc(OC)c(NC(N)=NCC2CC2c2ccccc2)c1.I. The minimum Gasteiger partial charge on any atom is -0.497 e. The van der Waals surface area contributed by atoms with Crippen molar-refractivity contribution >= 4 is 35.6 Å². The van der Waals surface area contributed by atoms with Gasteiger partial charge in [-0.05, 0) is 36.0 Å². The van der Waals surface area contributed by atoms with Gasteiger partial charge in [-0.2, -0.15) is 0 Å².